The molecule has 0 atom stereocenters. The van der Waals surface area contributed by atoms with E-state index in [1.807, 2.05) is 0 Å². The van der Waals surface area contributed by atoms with Crippen LogP contribution in [0.2, 0.25) is 0 Å². The molecule has 2 rings (SSSR count). The van der Waals surface area contributed by atoms with Crippen LogP contribution in [0.5, 0.6) is 0 Å². The number of hydrogen-bond acceptors (Lipinski definition) is 4. The predicted octanol–water partition coefficient (Wildman–Crippen LogP) is 1.49. The zero-order valence-corrected chi connectivity index (χ0v) is 10.8. The summed E-state index contributed by atoms with van der Waals surface area (Å²) in [6.07, 6.45) is 0.289. The lowest BCUT2D eigenvalue weighted by Gasteiger charge is -2.28. The maximum atomic E-state index is 12.2. The van der Waals surface area contributed by atoms with E-state index in [0.717, 1.165) is 0 Å². The Bertz CT molecular complexity index is 502. The van der Waals surface area contributed by atoms with Crippen LogP contribution < -0.4 is 0 Å². The van der Waals surface area contributed by atoms with Crippen molar-refractivity contribution in [3.05, 3.63) is 17.5 Å². The average Bonchev–Trinajstić information content (AvgIpc) is 2.72. The molecule has 2 heterocycles. The minimum atomic E-state index is -3.50. The van der Waals surface area contributed by atoms with Crippen molar-refractivity contribution in [2.75, 3.05) is 6.54 Å². The highest BCUT2D eigenvalue weighted by atomic mass is 32.2. The van der Waals surface area contributed by atoms with Crippen LogP contribution in [0, 0.1) is 0 Å². The SMILES string of the molecule is CC1(C)CC(=O)CN1S(=O)(=O)c1cccs1. The highest BCUT2D eigenvalue weighted by molar-refractivity contribution is 7.91. The second-order valence-corrected chi connectivity index (χ2v) is 7.51. The molecule has 1 aromatic heterocycles. The Balaban J connectivity index is 2.43. The van der Waals surface area contributed by atoms with Gasteiger partial charge in [-0.2, -0.15) is 4.31 Å². The van der Waals surface area contributed by atoms with Gasteiger partial charge in [0.1, 0.15) is 9.99 Å². The minimum absolute atomic E-state index is 0.00671. The molecule has 0 aliphatic carbocycles. The first-order chi connectivity index (χ1) is 7.34. The number of Topliss-reactive ketones (excluding diaryl/α,β-unsaturated/α-hetero) is 1. The molecule has 1 aliphatic heterocycles. The molecule has 0 bridgehead atoms. The van der Waals surface area contributed by atoms with E-state index in [2.05, 4.69) is 0 Å². The van der Waals surface area contributed by atoms with Gasteiger partial charge < -0.3 is 0 Å². The molecule has 0 spiro atoms. The van der Waals surface area contributed by atoms with Crippen molar-refractivity contribution in [2.45, 2.75) is 30.0 Å². The smallest absolute Gasteiger partial charge is 0.253 e. The standard InChI is InChI=1S/C10H13NO3S2/c1-10(2)6-8(12)7-11(10)16(13,14)9-4-3-5-15-9/h3-5H,6-7H2,1-2H3. The molecule has 16 heavy (non-hydrogen) atoms. The highest BCUT2D eigenvalue weighted by Crippen LogP contribution is 2.33. The third-order valence-corrected chi connectivity index (χ3v) is 6.09. The van der Waals surface area contributed by atoms with Crippen LogP contribution in [-0.2, 0) is 14.8 Å². The molecule has 6 heteroatoms. The summed E-state index contributed by atoms with van der Waals surface area (Å²) in [5.41, 5.74) is -0.611. The predicted molar refractivity (Wildman–Crippen MR) is 61.9 cm³/mol. The third kappa shape index (κ3) is 1.81. The summed E-state index contributed by atoms with van der Waals surface area (Å²) in [6, 6.07) is 3.27. The summed E-state index contributed by atoms with van der Waals surface area (Å²) in [4.78, 5) is 11.4. The van der Waals surface area contributed by atoms with Gasteiger partial charge in [0.05, 0.1) is 6.54 Å². The number of rotatable bonds is 2. The molecule has 1 aliphatic rings. The number of thiophene rings is 1. The molecule has 0 aromatic carbocycles. The fourth-order valence-electron chi connectivity index (χ4n) is 1.93. The van der Waals surface area contributed by atoms with Crippen molar-refractivity contribution < 1.29 is 13.2 Å². The van der Waals surface area contributed by atoms with Gasteiger partial charge in [-0.3, -0.25) is 4.79 Å². The highest BCUT2D eigenvalue weighted by Gasteiger charge is 2.45. The van der Waals surface area contributed by atoms with Crippen molar-refractivity contribution in [3.63, 3.8) is 0 Å². The summed E-state index contributed by atoms with van der Waals surface area (Å²) < 4.78 is 26.1. The molecule has 1 saturated heterocycles. The monoisotopic (exact) mass is 259 g/mol. The van der Waals surface area contributed by atoms with E-state index >= 15 is 0 Å². The zero-order chi connectivity index (χ0) is 12.0. The lowest BCUT2D eigenvalue weighted by atomic mass is 10.0. The zero-order valence-electron chi connectivity index (χ0n) is 9.13. The third-order valence-electron chi connectivity index (χ3n) is 2.66. The van der Waals surface area contributed by atoms with Crippen molar-refractivity contribution in [2.24, 2.45) is 0 Å². The van der Waals surface area contributed by atoms with Gasteiger partial charge in [-0.05, 0) is 25.3 Å². The van der Waals surface area contributed by atoms with Gasteiger partial charge in [-0.1, -0.05) is 6.07 Å². The molecule has 1 aromatic rings. The summed E-state index contributed by atoms with van der Waals surface area (Å²) in [7, 11) is -3.50. The van der Waals surface area contributed by atoms with Gasteiger partial charge in [-0.25, -0.2) is 8.42 Å². The first-order valence-electron chi connectivity index (χ1n) is 4.92. The Morgan fingerprint density at radius 3 is 2.56 bits per heavy atom. The number of sulfonamides is 1. The fraction of sp³-hybridized carbons (Fsp3) is 0.500. The number of carbonyl (C=O) groups excluding carboxylic acids is 1. The van der Waals surface area contributed by atoms with Crippen LogP contribution in [0.4, 0.5) is 0 Å². The number of hydrogen-bond donors (Lipinski definition) is 0. The van der Waals surface area contributed by atoms with E-state index in [4.69, 9.17) is 0 Å². The van der Waals surface area contributed by atoms with Crippen LogP contribution in [0.3, 0.4) is 0 Å². The normalized spacial score (nSPS) is 21.5. The Hall–Kier alpha value is -0.720. The summed E-state index contributed by atoms with van der Waals surface area (Å²) in [6.45, 7) is 3.55. The average molecular weight is 259 g/mol. The fourth-order valence-corrected chi connectivity index (χ4v) is 4.80. The first-order valence-corrected chi connectivity index (χ1v) is 7.24. The molecular formula is C10H13NO3S2. The molecule has 0 amide bonds. The lowest BCUT2D eigenvalue weighted by Crippen LogP contribution is -2.42. The maximum Gasteiger partial charge on any atom is 0.253 e. The van der Waals surface area contributed by atoms with Crippen molar-refractivity contribution in [1.82, 2.24) is 4.31 Å². The number of ketones is 1. The number of nitrogens with zero attached hydrogens (tertiary/aromatic N) is 1. The Labute approximate surface area is 98.9 Å². The molecule has 0 N–H and O–H groups in total. The van der Waals surface area contributed by atoms with E-state index in [9.17, 15) is 13.2 Å². The van der Waals surface area contributed by atoms with Crippen LogP contribution >= 0.6 is 11.3 Å². The van der Waals surface area contributed by atoms with E-state index in [0.29, 0.717) is 4.21 Å². The van der Waals surface area contributed by atoms with Crippen molar-refractivity contribution in [1.29, 1.82) is 0 Å². The lowest BCUT2D eigenvalue weighted by molar-refractivity contribution is -0.116. The van der Waals surface area contributed by atoms with Crippen LogP contribution in [0.25, 0.3) is 0 Å². The summed E-state index contributed by atoms with van der Waals surface area (Å²) >= 11 is 1.18. The van der Waals surface area contributed by atoms with Crippen molar-refractivity contribution in [3.8, 4) is 0 Å². The van der Waals surface area contributed by atoms with Gasteiger partial charge >= 0.3 is 0 Å². The topological polar surface area (TPSA) is 54.5 Å². The van der Waals surface area contributed by atoms with E-state index < -0.39 is 15.6 Å². The Morgan fingerprint density at radius 1 is 1.44 bits per heavy atom. The van der Waals surface area contributed by atoms with Gasteiger partial charge in [0, 0.05) is 12.0 Å². The molecule has 88 valence electrons. The van der Waals surface area contributed by atoms with E-state index in [-0.39, 0.29) is 18.7 Å². The second kappa shape index (κ2) is 3.65. The Kier molecular flexibility index (Phi) is 2.68. The molecule has 1 fully saturated rings. The minimum Gasteiger partial charge on any atom is -0.298 e. The molecule has 0 saturated carbocycles. The van der Waals surface area contributed by atoms with Gasteiger partial charge in [0.25, 0.3) is 10.0 Å². The second-order valence-electron chi connectivity index (χ2n) is 4.47. The molecule has 0 radical (unpaired) electrons. The Morgan fingerprint density at radius 2 is 2.12 bits per heavy atom. The maximum absolute atomic E-state index is 12.2. The van der Waals surface area contributed by atoms with E-state index in [1.165, 1.54) is 15.6 Å². The summed E-state index contributed by atoms with van der Waals surface area (Å²) in [5, 5.41) is 1.72. The van der Waals surface area contributed by atoms with Crippen molar-refractivity contribution >= 4 is 27.1 Å². The quantitative estimate of drug-likeness (QED) is 0.808. The van der Waals surface area contributed by atoms with Crippen LogP contribution in [0.15, 0.2) is 21.7 Å². The molecule has 0 unspecified atom stereocenters. The molecular weight excluding hydrogens is 246 g/mol. The van der Waals surface area contributed by atoms with E-state index in [1.54, 1.807) is 31.4 Å². The van der Waals surface area contributed by atoms with Gasteiger partial charge in [0.2, 0.25) is 0 Å². The van der Waals surface area contributed by atoms with Gasteiger partial charge in [0.15, 0.2) is 0 Å². The largest absolute Gasteiger partial charge is 0.298 e. The van der Waals surface area contributed by atoms with Gasteiger partial charge in [-0.15, -0.1) is 11.3 Å². The molecule has 4 nitrogen and oxygen atoms in total. The van der Waals surface area contributed by atoms with Crippen LogP contribution in [0.1, 0.15) is 20.3 Å². The first kappa shape index (κ1) is 11.8. The number of carbonyl (C=O) groups is 1. The van der Waals surface area contributed by atoms with Crippen LogP contribution in [-0.4, -0.2) is 30.6 Å². The summed E-state index contributed by atoms with van der Waals surface area (Å²) in [5.74, 6) is -0.0230.